The molecule has 31 heavy (non-hydrogen) atoms. The van der Waals surface area contributed by atoms with Crippen LogP contribution in [0.3, 0.4) is 0 Å². The molecule has 1 aromatic heterocycles. The van der Waals surface area contributed by atoms with Gasteiger partial charge in [0.05, 0.1) is 36.0 Å². The topological polar surface area (TPSA) is 101 Å². The van der Waals surface area contributed by atoms with Crippen LogP contribution < -0.4 is 5.32 Å². The molecule has 1 aliphatic rings. The quantitative estimate of drug-likeness (QED) is 0.632. The van der Waals surface area contributed by atoms with Gasteiger partial charge in [0.1, 0.15) is 6.33 Å². The lowest BCUT2D eigenvalue weighted by Crippen LogP contribution is -2.40. The number of nitrogens with zero attached hydrogens (tertiary/aromatic N) is 3. The molecule has 2 heterocycles. The molecular formula is C22H22N4O4S. The Kier molecular flexibility index (Phi) is 6.36. The van der Waals surface area contributed by atoms with E-state index in [0.717, 1.165) is 11.3 Å². The number of sulfonamides is 1. The number of amides is 1. The summed E-state index contributed by atoms with van der Waals surface area (Å²) in [5, 5.41) is 2.81. The van der Waals surface area contributed by atoms with Gasteiger partial charge in [-0.15, -0.1) is 0 Å². The van der Waals surface area contributed by atoms with Crippen molar-refractivity contribution in [1.29, 1.82) is 0 Å². The van der Waals surface area contributed by atoms with Gasteiger partial charge in [0, 0.05) is 24.2 Å². The maximum absolute atomic E-state index is 12.7. The summed E-state index contributed by atoms with van der Waals surface area (Å²) in [7, 11) is -3.59. The summed E-state index contributed by atoms with van der Waals surface area (Å²) in [6.07, 6.45) is 1.47. The van der Waals surface area contributed by atoms with E-state index in [9.17, 15) is 13.2 Å². The van der Waals surface area contributed by atoms with Crippen LogP contribution in [0.1, 0.15) is 16.1 Å². The molecule has 0 aliphatic carbocycles. The molecule has 0 unspecified atom stereocenters. The molecule has 0 bridgehead atoms. The molecule has 160 valence electrons. The fourth-order valence-corrected chi connectivity index (χ4v) is 4.66. The van der Waals surface area contributed by atoms with Crippen LogP contribution in [-0.4, -0.2) is 54.9 Å². The Bertz CT molecular complexity index is 1150. The molecule has 0 radical (unpaired) electrons. The highest BCUT2D eigenvalue weighted by Crippen LogP contribution is 2.18. The van der Waals surface area contributed by atoms with Crippen molar-refractivity contribution in [3.8, 4) is 11.3 Å². The fourth-order valence-electron chi connectivity index (χ4n) is 3.25. The standard InChI is InChI=1S/C22H22N4O4S/c27-22(23-15-19-14-21(25-16-24-19)17-4-2-1-3-5-17)18-6-8-20(9-7-18)31(28,29)26-10-12-30-13-11-26/h1-9,14,16H,10-13,15H2,(H,23,27). The van der Waals surface area contributed by atoms with E-state index in [1.165, 1.54) is 34.9 Å². The number of benzene rings is 2. The average molecular weight is 439 g/mol. The summed E-state index contributed by atoms with van der Waals surface area (Å²) in [5.41, 5.74) is 2.79. The molecule has 1 aliphatic heterocycles. The Morgan fingerprint density at radius 1 is 1.00 bits per heavy atom. The van der Waals surface area contributed by atoms with E-state index in [-0.39, 0.29) is 17.3 Å². The molecule has 4 rings (SSSR count). The van der Waals surface area contributed by atoms with Gasteiger partial charge in [-0.25, -0.2) is 18.4 Å². The van der Waals surface area contributed by atoms with Gasteiger partial charge in [0.25, 0.3) is 5.91 Å². The summed E-state index contributed by atoms with van der Waals surface area (Å²) in [4.78, 5) is 21.1. The van der Waals surface area contributed by atoms with E-state index in [2.05, 4.69) is 15.3 Å². The summed E-state index contributed by atoms with van der Waals surface area (Å²) < 4.78 is 32.0. The Morgan fingerprint density at radius 2 is 1.71 bits per heavy atom. The predicted octanol–water partition coefficient (Wildman–Crippen LogP) is 2.09. The second kappa shape index (κ2) is 9.34. The first-order valence-corrected chi connectivity index (χ1v) is 11.3. The van der Waals surface area contributed by atoms with Crippen LogP contribution in [-0.2, 0) is 21.3 Å². The molecule has 1 N–H and O–H groups in total. The molecule has 9 heteroatoms. The van der Waals surface area contributed by atoms with Gasteiger partial charge in [-0.2, -0.15) is 4.31 Å². The molecular weight excluding hydrogens is 416 g/mol. The highest BCUT2D eigenvalue weighted by molar-refractivity contribution is 7.89. The zero-order chi connectivity index (χ0) is 21.7. The summed E-state index contributed by atoms with van der Waals surface area (Å²) in [5.74, 6) is -0.310. The average Bonchev–Trinajstić information content (AvgIpc) is 2.84. The number of nitrogens with one attached hydrogen (secondary N) is 1. The van der Waals surface area contributed by atoms with E-state index in [1.807, 2.05) is 36.4 Å². The van der Waals surface area contributed by atoms with Crippen LogP contribution in [0, 0.1) is 0 Å². The number of hydrogen-bond donors (Lipinski definition) is 1. The van der Waals surface area contributed by atoms with Gasteiger partial charge >= 0.3 is 0 Å². The Hall–Kier alpha value is -3.14. The molecule has 1 fully saturated rings. The van der Waals surface area contributed by atoms with Crippen LogP contribution in [0.5, 0.6) is 0 Å². The molecule has 0 saturated carbocycles. The predicted molar refractivity (Wildman–Crippen MR) is 115 cm³/mol. The van der Waals surface area contributed by atoms with Crippen molar-refractivity contribution in [3.63, 3.8) is 0 Å². The first-order chi connectivity index (χ1) is 15.0. The molecule has 1 saturated heterocycles. The third-order valence-electron chi connectivity index (χ3n) is 4.95. The number of hydrogen-bond acceptors (Lipinski definition) is 6. The maximum Gasteiger partial charge on any atom is 0.251 e. The molecule has 2 aromatic carbocycles. The van der Waals surface area contributed by atoms with Crippen molar-refractivity contribution >= 4 is 15.9 Å². The number of rotatable bonds is 6. The van der Waals surface area contributed by atoms with Crippen molar-refractivity contribution in [1.82, 2.24) is 19.6 Å². The normalized spacial score (nSPS) is 14.8. The van der Waals surface area contributed by atoms with Gasteiger partial charge in [-0.3, -0.25) is 4.79 Å². The molecule has 1 amide bonds. The highest BCUT2D eigenvalue weighted by Gasteiger charge is 2.26. The van der Waals surface area contributed by atoms with Crippen LogP contribution in [0.4, 0.5) is 0 Å². The van der Waals surface area contributed by atoms with E-state index in [4.69, 9.17) is 4.74 Å². The van der Waals surface area contributed by atoms with Crippen molar-refractivity contribution < 1.29 is 17.9 Å². The first-order valence-electron chi connectivity index (χ1n) is 9.86. The number of ether oxygens (including phenoxy) is 1. The first kappa shape index (κ1) is 21.1. The molecule has 8 nitrogen and oxygen atoms in total. The van der Waals surface area contributed by atoms with Crippen LogP contribution >= 0.6 is 0 Å². The van der Waals surface area contributed by atoms with E-state index < -0.39 is 10.0 Å². The lowest BCUT2D eigenvalue weighted by molar-refractivity contribution is 0.0730. The minimum atomic E-state index is -3.59. The monoisotopic (exact) mass is 438 g/mol. The molecule has 0 atom stereocenters. The largest absolute Gasteiger partial charge is 0.379 e. The second-order valence-corrected chi connectivity index (χ2v) is 8.92. The highest BCUT2D eigenvalue weighted by atomic mass is 32.2. The summed E-state index contributed by atoms with van der Waals surface area (Å²) in [6.45, 7) is 1.65. The molecule has 3 aromatic rings. The lowest BCUT2D eigenvalue weighted by atomic mass is 10.1. The van der Waals surface area contributed by atoms with E-state index >= 15 is 0 Å². The number of morpholine rings is 1. The van der Waals surface area contributed by atoms with Gasteiger partial charge in [0.2, 0.25) is 10.0 Å². The van der Waals surface area contributed by atoms with Crippen molar-refractivity contribution in [3.05, 3.63) is 78.2 Å². The number of carbonyl (C=O) groups excluding carboxylic acids is 1. The van der Waals surface area contributed by atoms with E-state index in [0.29, 0.717) is 37.6 Å². The van der Waals surface area contributed by atoms with Crippen LogP contribution in [0.25, 0.3) is 11.3 Å². The van der Waals surface area contributed by atoms with Crippen LogP contribution in [0.15, 0.2) is 71.9 Å². The Labute approximate surface area is 181 Å². The van der Waals surface area contributed by atoms with Crippen molar-refractivity contribution in [2.24, 2.45) is 0 Å². The summed E-state index contributed by atoms with van der Waals surface area (Å²) in [6, 6.07) is 17.5. The smallest absolute Gasteiger partial charge is 0.251 e. The minimum absolute atomic E-state index is 0.161. The van der Waals surface area contributed by atoms with Gasteiger partial charge in [-0.1, -0.05) is 30.3 Å². The third-order valence-corrected chi connectivity index (χ3v) is 6.86. The number of aromatic nitrogens is 2. The van der Waals surface area contributed by atoms with Crippen LogP contribution in [0.2, 0.25) is 0 Å². The van der Waals surface area contributed by atoms with Gasteiger partial charge < -0.3 is 10.1 Å². The van der Waals surface area contributed by atoms with Gasteiger partial charge in [0.15, 0.2) is 0 Å². The number of carbonyl (C=O) groups is 1. The minimum Gasteiger partial charge on any atom is -0.379 e. The fraction of sp³-hybridized carbons (Fsp3) is 0.227. The Morgan fingerprint density at radius 3 is 2.42 bits per heavy atom. The zero-order valence-electron chi connectivity index (χ0n) is 16.8. The second-order valence-electron chi connectivity index (χ2n) is 6.98. The summed E-state index contributed by atoms with van der Waals surface area (Å²) >= 11 is 0. The molecule has 0 spiro atoms. The lowest BCUT2D eigenvalue weighted by Gasteiger charge is -2.26. The SMILES string of the molecule is O=C(NCc1cc(-c2ccccc2)ncn1)c1ccc(S(=O)(=O)N2CCOCC2)cc1. The van der Waals surface area contributed by atoms with E-state index in [1.54, 1.807) is 0 Å². The maximum atomic E-state index is 12.7. The zero-order valence-corrected chi connectivity index (χ0v) is 17.6. The van der Waals surface area contributed by atoms with Crippen molar-refractivity contribution in [2.75, 3.05) is 26.3 Å². The van der Waals surface area contributed by atoms with Crippen molar-refractivity contribution in [2.45, 2.75) is 11.4 Å². The van der Waals surface area contributed by atoms with Gasteiger partial charge in [-0.05, 0) is 30.3 Å². The third kappa shape index (κ3) is 4.96. The Balaban J connectivity index is 1.40.